The SMILES string of the molecule is O=Cc1cnc(-c2ccc(-c3ccc(-c4cccs4)s3)s2)s1. The smallest absolute Gasteiger partial charge is 0.161 e. The summed E-state index contributed by atoms with van der Waals surface area (Å²) in [5.41, 5.74) is 0. The van der Waals surface area contributed by atoms with E-state index in [1.807, 2.05) is 11.3 Å². The van der Waals surface area contributed by atoms with E-state index in [9.17, 15) is 4.79 Å². The van der Waals surface area contributed by atoms with Crippen LogP contribution in [0.4, 0.5) is 0 Å². The molecule has 4 heterocycles. The quantitative estimate of drug-likeness (QED) is 0.410. The van der Waals surface area contributed by atoms with E-state index in [-0.39, 0.29) is 0 Å². The van der Waals surface area contributed by atoms with Crippen molar-refractivity contribution in [3.8, 4) is 29.4 Å². The third-order valence-corrected chi connectivity index (χ3v) is 7.59. The second-order valence-corrected chi connectivity index (χ2v) is 8.67. The number of rotatable bonds is 4. The number of carbonyl (C=O) groups excluding carboxylic acids is 1. The number of thiophene rings is 3. The number of carbonyl (C=O) groups is 1. The van der Waals surface area contributed by atoms with Crippen LogP contribution in [-0.2, 0) is 0 Å². The number of hydrogen-bond donors (Lipinski definition) is 0. The zero-order valence-corrected chi connectivity index (χ0v) is 14.5. The molecule has 0 unspecified atom stereocenters. The van der Waals surface area contributed by atoms with Crippen molar-refractivity contribution in [3.05, 3.63) is 52.9 Å². The Morgan fingerprint density at radius 2 is 1.50 bits per heavy atom. The topological polar surface area (TPSA) is 30.0 Å². The molecule has 0 spiro atoms. The van der Waals surface area contributed by atoms with Crippen molar-refractivity contribution in [2.75, 3.05) is 0 Å². The first-order valence-electron chi connectivity index (χ1n) is 6.49. The van der Waals surface area contributed by atoms with Gasteiger partial charge in [-0.05, 0) is 35.7 Å². The Morgan fingerprint density at radius 1 is 0.818 bits per heavy atom. The molecule has 0 amide bonds. The third kappa shape index (κ3) is 2.59. The van der Waals surface area contributed by atoms with Crippen LogP contribution < -0.4 is 0 Å². The molecular weight excluding hydrogens is 350 g/mol. The Hall–Kier alpha value is -1.60. The van der Waals surface area contributed by atoms with Crippen LogP contribution in [0.3, 0.4) is 0 Å². The maximum absolute atomic E-state index is 10.8. The Bertz CT molecular complexity index is 914. The van der Waals surface area contributed by atoms with Crippen molar-refractivity contribution in [1.29, 1.82) is 0 Å². The Labute approximate surface area is 143 Å². The fourth-order valence-electron chi connectivity index (χ4n) is 2.06. The molecule has 0 bridgehead atoms. The standard InChI is InChI=1S/C16H9NOS4/c18-9-10-8-17-16(20-10)15-6-5-14(22-15)13-4-3-12(21-13)11-2-1-7-19-11/h1-9H. The van der Waals surface area contributed by atoms with Crippen LogP contribution >= 0.6 is 45.3 Å². The summed E-state index contributed by atoms with van der Waals surface area (Å²) < 4.78 is 0. The zero-order valence-electron chi connectivity index (χ0n) is 11.2. The molecule has 0 atom stereocenters. The molecule has 22 heavy (non-hydrogen) atoms. The summed E-state index contributed by atoms with van der Waals surface area (Å²) in [5.74, 6) is 0. The van der Waals surface area contributed by atoms with Crippen LogP contribution in [0.25, 0.3) is 29.4 Å². The molecule has 0 aromatic carbocycles. The van der Waals surface area contributed by atoms with Gasteiger partial charge in [0, 0.05) is 25.7 Å². The number of nitrogens with zero attached hydrogens (tertiary/aromatic N) is 1. The molecule has 0 saturated carbocycles. The molecule has 108 valence electrons. The van der Waals surface area contributed by atoms with Gasteiger partial charge in [-0.15, -0.1) is 45.3 Å². The van der Waals surface area contributed by atoms with Gasteiger partial charge in [0.25, 0.3) is 0 Å². The van der Waals surface area contributed by atoms with E-state index in [0.717, 1.165) is 16.2 Å². The summed E-state index contributed by atoms with van der Waals surface area (Å²) in [7, 11) is 0. The molecule has 4 rings (SSSR count). The summed E-state index contributed by atoms with van der Waals surface area (Å²) in [6, 6.07) is 12.8. The van der Waals surface area contributed by atoms with Crippen molar-refractivity contribution in [3.63, 3.8) is 0 Å². The molecule has 6 heteroatoms. The second kappa shape index (κ2) is 5.89. The average Bonchev–Trinajstić information content (AvgIpc) is 3.33. The highest BCUT2D eigenvalue weighted by Gasteiger charge is 2.11. The summed E-state index contributed by atoms with van der Waals surface area (Å²) in [4.78, 5) is 22.0. The van der Waals surface area contributed by atoms with Crippen LogP contribution in [-0.4, -0.2) is 11.3 Å². The van der Waals surface area contributed by atoms with Crippen LogP contribution in [0.1, 0.15) is 9.67 Å². The van der Waals surface area contributed by atoms with Gasteiger partial charge in [0.1, 0.15) is 5.01 Å². The molecule has 0 fully saturated rings. The van der Waals surface area contributed by atoms with E-state index in [1.165, 1.54) is 30.8 Å². The number of aldehydes is 1. The van der Waals surface area contributed by atoms with Gasteiger partial charge in [-0.2, -0.15) is 0 Å². The normalized spacial score (nSPS) is 10.9. The predicted molar refractivity (Wildman–Crippen MR) is 97.4 cm³/mol. The van der Waals surface area contributed by atoms with E-state index in [1.54, 1.807) is 28.9 Å². The van der Waals surface area contributed by atoms with Gasteiger partial charge in [-0.1, -0.05) is 6.07 Å². The van der Waals surface area contributed by atoms with Gasteiger partial charge < -0.3 is 0 Å². The van der Waals surface area contributed by atoms with Crippen molar-refractivity contribution in [1.82, 2.24) is 4.98 Å². The van der Waals surface area contributed by atoms with E-state index < -0.39 is 0 Å². The third-order valence-electron chi connectivity index (χ3n) is 3.07. The molecule has 4 aromatic rings. The van der Waals surface area contributed by atoms with Crippen LogP contribution in [0.2, 0.25) is 0 Å². The Balaban J connectivity index is 1.65. The number of hydrogen-bond acceptors (Lipinski definition) is 6. The fraction of sp³-hybridized carbons (Fsp3) is 0. The monoisotopic (exact) mass is 359 g/mol. The van der Waals surface area contributed by atoms with Gasteiger partial charge >= 0.3 is 0 Å². The van der Waals surface area contributed by atoms with Gasteiger partial charge in [-0.3, -0.25) is 4.79 Å². The molecule has 0 N–H and O–H groups in total. The number of aromatic nitrogens is 1. The Kier molecular flexibility index (Phi) is 3.75. The molecule has 0 radical (unpaired) electrons. The minimum atomic E-state index is 0.668. The van der Waals surface area contributed by atoms with E-state index in [4.69, 9.17) is 0 Å². The zero-order chi connectivity index (χ0) is 14.9. The van der Waals surface area contributed by atoms with Gasteiger partial charge in [0.15, 0.2) is 6.29 Å². The van der Waals surface area contributed by atoms with Crippen LogP contribution in [0.15, 0.2) is 48.0 Å². The molecule has 2 nitrogen and oxygen atoms in total. The highest BCUT2D eigenvalue weighted by Crippen LogP contribution is 2.41. The molecular formula is C16H9NOS4. The largest absolute Gasteiger partial charge is 0.297 e. The lowest BCUT2D eigenvalue weighted by Gasteiger charge is -1.91. The van der Waals surface area contributed by atoms with Gasteiger partial charge in [0.2, 0.25) is 0 Å². The van der Waals surface area contributed by atoms with Crippen molar-refractivity contribution in [2.45, 2.75) is 0 Å². The van der Waals surface area contributed by atoms with E-state index >= 15 is 0 Å². The second-order valence-electron chi connectivity index (χ2n) is 4.49. The van der Waals surface area contributed by atoms with E-state index in [0.29, 0.717) is 4.88 Å². The minimum absolute atomic E-state index is 0.668. The maximum Gasteiger partial charge on any atom is 0.161 e. The number of thiazole rings is 1. The minimum Gasteiger partial charge on any atom is -0.297 e. The summed E-state index contributed by atoms with van der Waals surface area (Å²) in [6.45, 7) is 0. The van der Waals surface area contributed by atoms with Crippen molar-refractivity contribution >= 4 is 51.6 Å². The summed E-state index contributed by atoms with van der Waals surface area (Å²) in [5, 5.41) is 3.01. The molecule has 0 saturated heterocycles. The van der Waals surface area contributed by atoms with E-state index in [2.05, 4.69) is 46.8 Å². The van der Waals surface area contributed by atoms with Crippen LogP contribution in [0.5, 0.6) is 0 Å². The lowest BCUT2D eigenvalue weighted by Crippen LogP contribution is -1.64. The predicted octanol–water partition coefficient (Wildman–Crippen LogP) is 6.14. The molecule has 0 aliphatic rings. The maximum atomic E-state index is 10.8. The highest BCUT2D eigenvalue weighted by molar-refractivity contribution is 7.28. The summed E-state index contributed by atoms with van der Waals surface area (Å²) in [6.07, 6.45) is 2.48. The first kappa shape index (κ1) is 14.0. The van der Waals surface area contributed by atoms with Crippen molar-refractivity contribution in [2.24, 2.45) is 0 Å². The summed E-state index contributed by atoms with van der Waals surface area (Å²) >= 11 is 6.73. The Morgan fingerprint density at radius 3 is 2.14 bits per heavy atom. The average molecular weight is 360 g/mol. The lowest BCUT2D eigenvalue weighted by atomic mass is 10.3. The van der Waals surface area contributed by atoms with Gasteiger partial charge in [0.05, 0.1) is 9.75 Å². The molecule has 0 aliphatic heterocycles. The fourth-order valence-corrected chi connectivity index (χ4v) is 5.79. The lowest BCUT2D eigenvalue weighted by molar-refractivity contribution is 0.112. The first-order valence-corrected chi connectivity index (χ1v) is 9.82. The molecule has 4 aromatic heterocycles. The van der Waals surface area contributed by atoms with Crippen molar-refractivity contribution < 1.29 is 4.79 Å². The highest BCUT2D eigenvalue weighted by atomic mass is 32.1. The van der Waals surface area contributed by atoms with Gasteiger partial charge in [-0.25, -0.2) is 4.98 Å². The first-order chi connectivity index (χ1) is 10.8. The molecule has 0 aliphatic carbocycles. The van der Waals surface area contributed by atoms with Crippen LogP contribution in [0, 0.1) is 0 Å².